The van der Waals surface area contributed by atoms with Crippen molar-refractivity contribution in [2.45, 2.75) is 24.3 Å². The van der Waals surface area contributed by atoms with Crippen molar-refractivity contribution in [3.05, 3.63) is 34.8 Å². The fraction of sp³-hybridized carbons (Fsp3) is 0.438. The summed E-state index contributed by atoms with van der Waals surface area (Å²) in [6.07, 6.45) is 0. The van der Waals surface area contributed by atoms with E-state index in [1.54, 1.807) is 11.3 Å². The second-order valence-corrected chi connectivity index (χ2v) is 9.18. The van der Waals surface area contributed by atoms with Crippen molar-refractivity contribution in [1.82, 2.24) is 4.98 Å². The van der Waals surface area contributed by atoms with Crippen molar-refractivity contribution in [3.63, 3.8) is 0 Å². The van der Waals surface area contributed by atoms with Gasteiger partial charge in [0.05, 0.1) is 10.6 Å². The molecule has 0 radical (unpaired) electrons. The van der Waals surface area contributed by atoms with Crippen LogP contribution in [0.15, 0.2) is 29.2 Å². The normalized spacial score (nSPS) is 16.2. The van der Waals surface area contributed by atoms with Crippen molar-refractivity contribution in [1.29, 1.82) is 0 Å². The molecule has 0 atom stereocenters. The lowest BCUT2D eigenvalue weighted by Crippen LogP contribution is -2.46. The van der Waals surface area contributed by atoms with Gasteiger partial charge >= 0.3 is 5.51 Å². The van der Waals surface area contributed by atoms with Crippen LogP contribution in [0.1, 0.15) is 10.6 Å². The fourth-order valence-corrected chi connectivity index (χ4v) is 4.44. The van der Waals surface area contributed by atoms with E-state index < -0.39 is 20.2 Å². The molecule has 0 unspecified atom stereocenters. The molecule has 3 rings (SSSR count). The van der Waals surface area contributed by atoms with Crippen molar-refractivity contribution >= 4 is 32.0 Å². The molecule has 1 aromatic heterocycles. The lowest BCUT2D eigenvalue weighted by molar-refractivity contribution is -0.0436. The fourth-order valence-electron chi connectivity index (χ4n) is 2.72. The van der Waals surface area contributed by atoms with E-state index in [1.165, 1.54) is 17.0 Å². The van der Waals surface area contributed by atoms with E-state index in [0.717, 1.165) is 36.0 Å². The standard InChI is InChI=1S/C16H18F3N3O2S2/c1-11-12(2)25-15(20-11)22-9-7-21(8-10-22)13-3-5-14(6-4-13)26(23,24)16(17,18)19/h3-6H,7-10H2,1-2H3. The Morgan fingerprint density at radius 1 is 1.00 bits per heavy atom. The lowest BCUT2D eigenvalue weighted by atomic mass is 10.2. The molecule has 1 fully saturated rings. The summed E-state index contributed by atoms with van der Waals surface area (Å²) < 4.78 is 60.6. The minimum atomic E-state index is -5.30. The molecule has 1 saturated heterocycles. The maximum Gasteiger partial charge on any atom is 0.501 e. The molecule has 2 heterocycles. The first-order valence-electron chi connectivity index (χ1n) is 7.95. The Morgan fingerprint density at radius 3 is 2.00 bits per heavy atom. The Balaban J connectivity index is 1.68. The summed E-state index contributed by atoms with van der Waals surface area (Å²) in [5.41, 5.74) is -3.56. The minimum Gasteiger partial charge on any atom is -0.368 e. The predicted octanol–water partition coefficient (Wildman–Crippen LogP) is 3.38. The van der Waals surface area contributed by atoms with Crippen LogP contribution in [0.3, 0.4) is 0 Å². The van der Waals surface area contributed by atoms with Gasteiger partial charge in [-0.2, -0.15) is 13.2 Å². The van der Waals surface area contributed by atoms with Crippen LogP contribution in [-0.2, 0) is 9.84 Å². The maximum atomic E-state index is 12.6. The van der Waals surface area contributed by atoms with Crippen molar-refractivity contribution in [2.24, 2.45) is 0 Å². The van der Waals surface area contributed by atoms with Crippen LogP contribution in [-0.4, -0.2) is 45.1 Å². The van der Waals surface area contributed by atoms with Crippen LogP contribution in [0, 0.1) is 13.8 Å². The molecule has 10 heteroatoms. The van der Waals surface area contributed by atoms with Crippen LogP contribution < -0.4 is 9.80 Å². The first-order chi connectivity index (χ1) is 12.1. The van der Waals surface area contributed by atoms with E-state index in [4.69, 9.17) is 0 Å². The van der Waals surface area contributed by atoms with E-state index in [0.29, 0.717) is 18.8 Å². The van der Waals surface area contributed by atoms with Gasteiger partial charge in [-0.3, -0.25) is 0 Å². The number of anilines is 2. The number of benzene rings is 1. The van der Waals surface area contributed by atoms with Crippen molar-refractivity contribution in [2.75, 3.05) is 36.0 Å². The highest BCUT2D eigenvalue weighted by atomic mass is 32.2. The lowest BCUT2D eigenvalue weighted by Gasteiger charge is -2.36. The molecule has 0 aliphatic carbocycles. The van der Waals surface area contributed by atoms with Crippen LogP contribution in [0.25, 0.3) is 0 Å². The third kappa shape index (κ3) is 3.52. The average molecular weight is 405 g/mol. The molecule has 1 aliphatic rings. The molecule has 142 valence electrons. The van der Waals surface area contributed by atoms with E-state index in [1.807, 2.05) is 18.7 Å². The number of hydrogen-bond acceptors (Lipinski definition) is 6. The summed E-state index contributed by atoms with van der Waals surface area (Å²) in [4.78, 5) is 9.20. The third-order valence-electron chi connectivity index (χ3n) is 4.38. The highest BCUT2D eigenvalue weighted by molar-refractivity contribution is 7.92. The van der Waals surface area contributed by atoms with Gasteiger partial charge in [-0.05, 0) is 38.1 Å². The Morgan fingerprint density at radius 2 is 1.54 bits per heavy atom. The second kappa shape index (κ2) is 6.73. The smallest absolute Gasteiger partial charge is 0.368 e. The minimum absolute atomic E-state index is 0.684. The van der Waals surface area contributed by atoms with Gasteiger partial charge in [-0.15, -0.1) is 11.3 Å². The van der Waals surface area contributed by atoms with Gasteiger partial charge in [0.1, 0.15) is 0 Å². The maximum absolute atomic E-state index is 12.6. The molecule has 0 bridgehead atoms. The molecular formula is C16H18F3N3O2S2. The van der Waals surface area contributed by atoms with Crippen molar-refractivity contribution < 1.29 is 21.6 Å². The molecule has 1 aliphatic heterocycles. The summed E-state index contributed by atoms with van der Waals surface area (Å²) in [7, 11) is -5.30. The molecule has 5 nitrogen and oxygen atoms in total. The molecule has 1 aromatic carbocycles. The van der Waals surface area contributed by atoms with Gasteiger partial charge in [-0.1, -0.05) is 0 Å². The molecular weight excluding hydrogens is 387 g/mol. The van der Waals surface area contributed by atoms with Crippen LogP contribution in [0.5, 0.6) is 0 Å². The zero-order valence-corrected chi connectivity index (χ0v) is 15.9. The number of alkyl halides is 3. The third-order valence-corrected chi connectivity index (χ3v) is 7.02. The molecule has 0 amide bonds. The highest BCUT2D eigenvalue weighted by Crippen LogP contribution is 2.32. The van der Waals surface area contributed by atoms with Crippen LogP contribution in [0.4, 0.5) is 24.0 Å². The SMILES string of the molecule is Cc1nc(N2CCN(c3ccc(S(=O)(=O)C(F)(F)F)cc3)CC2)sc1C. The van der Waals surface area contributed by atoms with Gasteiger partial charge in [-0.25, -0.2) is 13.4 Å². The zero-order chi connectivity index (χ0) is 19.1. The first-order valence-corrected chi connectivity index (χ1v) is 10.2. The molecule has 0 spiro atoms. The number of thiazole rings is 1. The molecule has 0 N–H and O–H groups in total. The summed E-state index contributed by atoms with van der Waals surface area (Å²) in [6.45, 7) is 6.86. The van der Waals surface area contributed by atoms with Crippen LogP contribution >= 0.6 is 11.3 Å². The molecule has 26 heavy (non-hydrogen) atoms. The van der Waals surface area contributed by atoms with Gasteiger partial charge in [0.25, 0.3) is 9.84 Å². The Hall–Kier alpha value is -1.81. The number of piperazine rings is 1. The quantitative estimate of drug-likeness (QED) is 0.784. The number of hydrogen-bond donors (Lipinski definition) is 0. The van der Waals surface area contributed by atoms with Gasteiger partial charge in [0.2, 0.25) is 0 Å². The average Bonchev–Trinajstić information content (AvgIpc) is 2.93. The topological polar surface area (TPSA) is 53.5 Å². The Labute approximate surface area is 154 Å². The zero-order valence-electron chi connectivity index (χ0n) is 14.2. The highest BCUT2D eigenvalue weighted by Gasteiger charge is 2.46. The molecule has 0 saturated carbocycles. The van der Waals surface area contributed by atoms with E-state index in [9.17, 15) is 21.6 Å². The predicted molar refractivity (Wildman–Crippen MR) is 95.7 cm³/mol. The number of sulfone groups is 1. The van der Waals surface area contributed by atoms with Gasteiger partial charge in [0, 0.05) is 36.7 Å². The summed E-state index contributed by atoms with van der Waals surface area (Å²) in [5, 5.41) is 0.978. The largest absolute Gasteiger partial charge is 0.501 e. The van der Waals surface area contributed by atoms with Crippen molar-refractivity contribution in [3.8, 4) is 0 Å². The number of nitrogens with zero attached hydrogens (tertiary/aromatic N) is 3. The van der Waals surface area contributed by atoms with Gasteiger partial charge in [0.15, 0.2) is 5.13 Å². The second-order valence-electron chi connectivity index (χ2n) is 6.06. The number of halogens is 3. The van der Waals surface area contributed by atoms with E-state index >= 15 is 0 Å². The monoisotopic (exact) mass is 405 g/mol. The number of aryl methyl sites for hydroxylation is 2. The number of aromatic nitrogens is 1. The number of rotatable bonds is 3. The van der Waals surface area contributed by atoms with E-state index in [2.05, 4.69) is 9.88 Å². The summed E-state index contributed by atoms with van der Waals surface area (Å²) in [6, 6.07) is 4.87. The first kappa shape index (κ1) is 19.0. The summed E-state index contributed by atoms with van der Waals surface area (Å²) >= 11 is 1.65. The summed E-state index contributed by atoms with van der Waals surface area (Å²) in [5.74, 6) is 0. The Kier molecular flexibility index (Phi) is 4.91. The van der Waals surface area contributed by atoms with E-state index in [-0.39, 0.29) is 0 Å². The Bertz CT molecular complexity index is 865. The van der Waals surface area contributed by atoms with Gasteiger partial charge < -0.3 is 9.80 Å². The van der Waals surface area contributed by atoms with Crippen LogP contribution in [0.2, 0.25) is 0 Å². The molecule has 2 aromatic rings.